The summed E-state index contributed by atoms with van der Waals surface area (Å²) in [6.45, 7) is 3.89. The van der Waals surface area contributed by atoms with Crippen LogP contribution in [0.3, 0.4) is 0 Å². The van der Waals surface area contributed by atoms with Gasteiger partial charge in [0.1, 0.15) is 11.3 Å². The number of rotatable bonds is 1. The Hall–Kier alpha value is -1.06. The molecule has 3 nitrogen and oxygen atoms in total. The molecule has 4 heteroatoms. The van der Waals surface area contributed by atoms with Crippen molar-refractivity contribution < 1.29 is 0 Å². The standard InChI is InChI=1S/C10H12ClN3/c1-5-3-7(11)9-8(4-5)13-10(14-9)6(2)12/h3-4,6H,12H2,1-2H3,(H,13,14). The van der Waals surface area contributed by atoms with Gasteiger partial charge in [-0.15, -0.1) is 0 Å². The van der Waals surface area contributed by atoms with Crippen molar-refractivity contribution in [3.8, 4) is 0 Å². The van der Waals surface area contributed by atoms with Gasteiger partial charge >= 0.3 is 0 Å². The molecular weight excluding hydrogens is 198 g/mol. The van der Waals surface area contributed by atoms with E-state index in [2.05, 4.69) is 9.97 Å². The minimum absolute atomic E-state index is 0.0984. The number of imidazole rings is 1. The first-order valence-corrected chi connectivity index (χ1v) is 4.87. The number of hydrogen-bond acceptors (Lipinski definition) is 2. The molecule has 2 rings (SSSR count). The van der Waals surface area contributed by atoms with Gasteiger partial charge in [0.25, 0.3) is 0 Å². The molecule has 0 radical (unpaired) electrons. The van der Waals surface area contributed by atoms with E-state index in [4.69, 9.17) is 17.3 Å². The molecule has 0 spiro atoms. The zero-order chi connectivity index (χ0) is 10.3. The number of aromatic amines is 1. The molecule has 1 aromatic carbocycles. The molecule has 1 atom stereocenters. The van der Waals surface area contributed by atoms with E-state index >= 15 is 0 Å². The highest BCUT2D eigenvalue weighted by molar-refractivity contribution is 6.35. The molecular formula is C10H12ClN3. The predicted octanol–water partition coefficient (Wildman–Crippen LogP) is 2.54. The minimum atomic E-state index is -0.0984. The quantitative estimate of drug-likeness (QED) is 0.759. The lowest BCUT2D eigenvalue weighted by Crippen LogP contribution is -2.06. The van der Waals surface area contributed by atoms with Gasteiger partial charge in [0.05, 0.1) is 16.6 Å². The molecule has 2 aromatic rings. The second-order valence-corrected chi connectivity index (χ2v) is 3.96. The lowest BCUT2D eigenvalue weighted by molar-refractivity contribution is 0.760. The highest BCUT2D eigenvalue weighted by Crippen LogP contribution is 2.24. The van der Waals surface area contributed by atoms with Gasteiger partial charge in [0, 0.05) is 0 Å². The Labute approximate surface area is 87.3 Å². The highest BCUT2D eigenvalue weighted by Gasteiger charge is 2.09. The lowest BCUT2D eigenvalue weighted by Gasteiger charge is -1.96. The van der Waals surface area contributed by atoms with Crippen LogP contribution in [0.1, 0.15) is 24.4 Å². The van der Waals surface area contributed by atoms with Crippen LogP contribution in [0.2, 0.25) is 5.02 Å². The van der Waals surface area contributed by atoms with Crippen LogP contribution in [-0.2, 0) is 0 Å². The largest absolute Gasteiger partial charge is 0.341 e. The van der Waals surface area contributed by atoms with E-state index in [1.807, 2.05) is 26.0 Å². The summed E-state index contributed by atoms with van der Waals surface area (Å²) >= 11 is 6.06. The van der Waals surface area contributed by atoms with Crippen LogP contribution in [0, 0.1) is 6.92 Å². The van der Waals surface area contributed by atoms with Gasteiger partial charge in [-0.25, -0.2) is 4.98 Å². The summed E-state index contributed by atoms with van der Waals surface area (Å²) in [6, 6.07) is 3.81. The third-order valence-corrected chi connectivity index (χ3v) is 2.42. The van der Waals surface area contributed by atoms with E-state index in [9.17, 15) is 0 Å². The van der Waals surface area contributed by atoms with Gasteiger partial charge < -0.3 is 10.7 Å². The van der Waals surface area contributed by atoms with Crippen molar-refractivity contribution in [2.45, 2.75) is 19.9 Å². The fraction of sp³-hybridized carbons (Fsp3) is 0.300. The average molecular weight is 210 g/mol. The fourth-order valence-corrected chi connectivity index (χ4v) is 1.76. The number of nitrogens with zero attached hydrogens (tertiary/aromatic N) is 1. The zero-order valence-corrected chi connectivity index (χ0v) is 8.89. The van der Waals surface area contributed by atoms with E-state index in [0.717, 1.165) is 22.4 Å². The maximum atomic E-state index is 6.06. The number of H-pyrrole nitrogens is 1. The molecule has 0 bridgehead atoms. The van der Waals surface area contributed by atoms with Crippen molar-refractivity contribution in [1.82, 2.24) is 9.97 Å². The van der Waals surface area contributed by atoms with Gasteiger partial charge in [-0.1, -0.05) is 11.6 Å². The average Bonchev–Trinajstić information content (AvgIpc) is 2.47. The van der Waals surface area contributed by atoms with Crippen molar-refractivity contribution >= 4 is 22.6 Å². The van der Waals surface area contributed by atoms with E-state index in [1.165, 1.54) is 0 Å². The molecule has 0 aliphatic carbocycles. The number of nitrogens with one attached hydrogen (secondary N) is 1. The summed E-state index contributed by atoms with van der Waals surface area (Å²) in [5.41, 5.74) is 8.58. The predicted molar refractivity (Wildman–Crippen MR) is 58.4 cm³/mol. The summed E-state index contributed by atoms with van der Waals surface area (Å²) in [4.78, 5) is 7.50. The molecule has 1 aromatic heterocycles. The summed E-state index contributed by atoms with van der Waals surface area (Å²) in [6.07, 6.45) is 0. The maximum Gasteiger partial charge on any atom is 0.124 e. The van der Waals surface area contributed by atoms with E-state index < -0.39 is 0 Å². The Bertz CT molecular complexity index is 473. The van der Waals surface area contributed by atoms with Gasteiger partial charge in [-0.3, -0.25) is 0 Å². The fourth-order valence-electron chi connectivity index (χ4n) is 1.45. The first kappa shape index (κ1) is 9.49. The number of nitrogens with two attached hydrogens (primary N) is 1. The van der Waals surface area contributed by atoms with E-state index in [0.29, 0.717) is 5.02 Å². The minimum Gasteiger partial charge on any atom is -0.341 e. The number of benzene rings is 1. The van der Waals surface area contributed by atoms with Gasteiger partial charge in [0.2, 0.25) is 0 Å². The second-order valence-electron chi connectivity index (χ2n) is 3.55. The molecule has 0 aliphatic heterocycles. The third kappa shape index (κ3) is 1.49. The molecule has 1 heterocycles. The second kappa shape index (κ2) is 3.26. The van der Waals surface area contributed by atoms with Crippen molar-refractivity contribution in [3.05, 3.63) is 28.5 Å². The van der Waals surface area contributed by atoms with Crippen LogP contribution in [0.25, 0.3) is 11.0 Å². The number of aryl methyl sites for hydroxylation is 1. The van der Waals surface area contributed by atoms with Crippen LogP contribution in [-0.4, -0.2) is 9.97 Å². The number of aromatic nitrogens is 2. The Morgan fingerprint density at radius 2 is 2.21 bits per heavy atom. The lowest BCUT2D eigenvalue weighted by atomic mass is 10.2. The highest BCUT2D eigenvalue weighted by atomic mass is 35.5. The molecule has 1 unspecified atom stereocenters. The number of halogens is 1. The molecule has 0 amide bonds. The molecule has 3 N–H and O–H groups in total. The number of hydrogen-bond donors (Lipinski definition) is 2. The van der Waals surface area contributed by atoms with Crippen molar-refractivity contribution in [1.29, 1.82) is 0 Å². The van der Waals surface area contributed by atoms with E-state index in [-0.39, 0.29) is 6.04 Å². The summed E-state index contributed by atoms with van der Waals surface area (Å²) in [5, 5.41) is 0.670. The molecule has 14 heavy (non-hydrogen) atoms. The summed E-state index contributed by atoms with van der Waals surface area (Å²) in [5.74, 6) is 0.771. The van der Waals surface area contributed by atoms with Crippen LogP contribution in [0.4, 0.5) is 0 Å². The Morgan fingerprint density at radius 3 is 2.86 bits per heavy atom. The monoisotopic (exact) mass is 209 g/mol. The molecule has 74 valence electrons. The smallest absolute Gasteiger partial charge is 0.124 e. The van der Waals surface area contributed by atoms with Crippen LogP contribution >= 0.6 is 11.6 Å². The Morgan fingerprint density at radius 1 is 1.50 bits per heavy atom. The molecule has 0 saturated carbocycles. The first-order valence-electron chi connectivity index (χ1n) is 4.49. The van der Waals surface area contributed by atoms with Crippen molar-refractivity contribution in [2.75, 3.05) is 0 Å². The van der Waals surface area contributed by atoms with Gasteiger partial charge in [0.15, 0.2) is 0 Å². The summed E-state index contributed by atoms with van der Waals surface area (Å²) < 4.78 is 0. The molecule has 0 aliphatic rings. The third-order valence-electron chi connectivity index (χ3n) is 2.13. The van der Waals surface area contributed by atoms with Crippen LogP contribution < -0.4 is 5.73 Å². The van der Waals surface area contributed by atoms with Crippen molar-refractivity contribution in [3.63, 3.8) is 0 Å². The first-order chi connectivity index (χ1) is 6.58. The molecule has 0 saturated heterocycles. The van der Waals surface area contributed by atoms with Crippen LogP contribution in [0.5, 0.6) is 0 Å². The Kier molecular flexibility index (Phi) is 2.21. The van der Waals surface area contributed by atoms with Gasteiger partial charge in [-0.05, 0) is 31.5 Å². The summed E-state index contributed by atoms with van der Waals surface area (Å²) in [7, 11) is 0. The normalized spacial score (nSPS) is 13.4. The van der Waals surface area contributed by atoms with Gasteiger partial charge in [-0.2, -0.15) is 0 Å². The van der Waals surface area contributed by atoms with E-state index in [1.54, 1.807) is 0 Å². The zero-order valence-electron chi connectivity index (χ0n) is 8.13. The Balaban J connectivity index is 2.70. The number of fused-ring (bicyclic) bond motifs is 1. The SMILES string of the molecule is Cc1cc(Cl)c2nc(C(C)N)[nH]c2c1. The molecule has 0 fully saturated rings. The maximum absolute atomic E-state index is 6.06. The van der Waals surface area contributed by atoms with Crippen molar-refractivity contribution in [2.24, 2.45) is 5.73 Å². The topological polar surface area (TPSA) is 54.7 Å². The van der Waals surface area contributed by atoms with Crippen LogP contribution in [0.15, 0.2) is 12.1 Å².